The van der Waals surface area contributed by atoms with Crippen molar-refractivity contribution in [3.63, 3.8) is 0 Å². The minimum atomic E-state index is -1.16. The van der Waals surface area contributed by atoms with Crippen molar-refractivity contribution >= 4 is 39.9 Å². The van der Waals surface area contributed by atoms with Crippen LogP contribution in [0, 0.1) is 5.82 Å². The van der Waals surface area contributed by atoms with Gasteiger partial charge in [0.25, 0.3) is 5.91 Å². The molecule has 0 aliphatic rings. The fourth-order valence-electron chi connectivity index (χ4n) is 2.25. The quantitative estimate of drug-likeness (QED) is 0.621. The average Bonchev–Trinajstić information content (AvgIpc) is 3.10. The smallest absolute Gasteiger partial charge is 0.343 e. The van der Waals surface area contributed by atoms with Gasteiger partial charge in [-0.3, -0.25) is 10.1 Å². The Morgan fingerprint density at radius 1 is 1.19 bits per heavy atom. The van der Waals surface area contributed by atoms with E-state index in [0.29, 0.717) is 5.13 Å². The third-order valence-corrected chi connectivity index (χ3v) is 4.70. The number of nitrogens with zero attached hydrogens (tertiary/aromatic N) is 1. The van der Waals surface area contributed by atoms with Gasteiger partial charge in [0.15, 0.2) is 11.2 Å². The summed E-state index contributed by atoms with van der Waals surface area (Å²) in [5.41, 5.74) is 1.24. The van der Waals surface area contributed by atoms with Crippen molar-refractivity contribution in [1.82, 2.24) is 4.98 Å². The van der Waals surface area contributed by atoms with Gasteiger partial charge in [-0.1, -0.05) is 48.0 Å². The average molecular weight is 405 g/mol. The summed E-state index contributed by atoms with van der Waals surface area (Å²) in [6.07, 6.45) is -1.16. The highest BCUT2D eigenvalue weighted by Gasteiger charge is 2.23. The summed E-state index contributed by atoms with van der Waals surface area (Å²) >= 11 is 7.07. The van der Waals surface area contributed by atoms with Crippen LogP contribution in [0.1, 0.15) is 17.3 Å². The minimum Gasteiger partial charge on any atom is -0.449 e. The maximum Gasteiger partial charge on any atom is 0.343 e. The van der Waals surface area contributed by atoms with Gasteiger partial charge in [0.05, 0.1) is 10.7 Å². The lowest BCUT2D eigenvalue weighted by molar-refractivity contribution is -0.123. The van der Waals surface area contributed by atoms with Crippen molar-refractivity contribution in [2.24, 2.45) is 0 Å². The fourth-order valence-corrected chi connectivity index (χ4v) is 3.21. The van der Waals surface area contributed by atoms with Gasteiger partial charge in [-0.2, -0.15) is 0 Å². The molecule has 1 heterocycles. The molecule has 0 saturated heterocycles. The van der Waals surface area contributed by atoms with Gasteiger partial charge in [-0.15, -0.1) is 11.3 Å². The number of hydrogen-bond donors (Lipinski definition) is 1. The Bertz CT molecular complexity index is 958. The molecule has 1 N–H and O–H groups in total. The zero-order valence-electron chi connectivity index (χ0n) is 14.1. The number of ether oxygens (including phenoxy) is 1. The number of carbonyl (C=O) groups excluding carboxylic acids is 2. The molecule has 0 fully saturated rings. The van der Waals surface area contributed by atoms with Crippen LogP contribution in [0.4, 0.5) is 9.52 Å². The first kappa shape index (κ1) is 19.0. The van der Waals surface area contributed by atoms with Gasteiger partial charge < -0.3 is 4.74 Å². The number of amides is 1. The Balaban J connectivity index is 1.64. The molecule has 3 aromatic rings. The second-order valence-corrected chi connectivity index (χ2v) is 6.80. The highest BCUT2D eigenvalue weighted by atomic mass is 35.5. The standard InChI is InChI=1S/C19H14ClFN2O3S/c1-11(26-18(25)16-13(20)8-5-9-14(16)21)17(24)23-19-22-15(10-27-19)12-6-3-2-4-7-12/h2-11H,1H3,(H,22,23,24)/t11-/m1/s1. The number of thiazole rings is 1. The molecule has 0 radical (unpaired) electrons. The van der Waals surface area contributed by atoms with E-state index in [1.54, 1.807) is 5.38 Å². The van der Waals surface area contributed by atoms with Gasteiger partial charge in [-0.25, -0.2) is 14.2 Å². The van der Waals surface area contributed by atoms with E-state index >= 15 is 0 Å². The summed E-state index contributed by atoms with van der Waals surface area (Å²) in [4.78, 5) is 28.7. The van der Waals surface area contributed by atoms with Crippen LogP contribution in [-0.4, -0.2) is 23.0 Å². The molecule has 1 aromatic heterocycles. The summed E-state index contributed by atoms with van der Waals surface area (Å²) in [6, 6.07) is 13.3. The second kappa shape index (κ2) is 8.28. The summed E-state index contributed by atoms with van der Waals surface area (Å²) in [5.74, 6) is -2.40. The lowest BCUT2D eigenvalue weighted by atomic mass is 10.2. The number of hydrogen-bond acceptors (Lipinski definition) is 5. The summed E-state index contributed by atoms with van der Waals surface area (Å²) < 4.78 is 18.8. The lowest BCUT2D eigenvalue weighted by Crippen LogP contribution is -2.30. The number of carbonyl (C=O) groups is 2. The molecule has 0 saturated carbocycles. The molecule has 8 heteroatoms. The van der Waals surface area contributed by atoms with Crippen LogP contribution in [0.5, 0.6) is 0 Å². The minimum absolute atomic E-state index is 0.0833. The number of nitrogens with one attached hydrogen (secondary N) is 1. The summed E-state index contributed by atoms with van der Waals surface area (Å²) in [7, 11) is 0. The third-order valence-electron chi connectivity index (χ3n) is 3.62. The van der Waals surface area contributed by atoms with Gasteiger partial charge in [-0.05, 0) is 19.1 Å². The molecule has 3 rings (SSSR count). The predicted octanol–water partition coefficient (Wildman–Crippen LogP) is 4.79. The molecular formula is C19H14ClFN2O3S. The van der Waals surface area contributed by atoms with Crippen LogP contribution in [0.15, 0.2) is 53.9 Å². The maximum absolute atomic E-state index is 13.8. The molecule has 2 aromatic carbocycles. The number of halogens is 2. The van der Waals surface area contributed by atoms with Gasteiger partial charge in [0.2, 0.25) is 0 Å². The number of aromatic nitrogens is 1. The predicted molar refractivity (Wildman–Crippen MR) is 102 cm³/mol. The molecule has 0 aliphatic heterocycles. The number of benzene rings is 2. The topological polar surface area (TPSA) is 68.3 Å². The Labute approximate surface area is 163 Å². The van der Waals surface area contributed by atoms with E-state index in [4.69, 9.17) is 16.3 Å². The van der Waals surface area contributed by atoms with E-state index in [0.717, 1.165) is 17.3 Å². The number of anilines is 1. The van der Waals surface area contributed by atoms with Crippen molar-refractivity contribution in [2.75, 3.05) is 5.32 Å². The van der Waals surface area contributed by atoms with Crippen LogP contribution in [0.2, 0.25) is 5.02 Å². The van der Waals surface area contributed by atoms with Crippen molar-refractivity contribution < 1.29 is 18.7 Å². The maximum atomic E-state index is 13.8. The van der Waals surface area contributed by atoms with Gasteiger partial charge >= 0.3 is 5.97 Å². The molecule has 0 aliphatic carbocycles. The zero-order chi connectivity index (χ0) is 19.4. The van der Waals surface area contributed by atoms with Crippen LogP contribution < -0.4 is 5.32 Å². The van der Waals surface area contributed by atoms with Gasteiger partial charge in [0.1, 0.15) is 11.4 Å². The van der Waals surface area contributed by atoms with Crippen molar-refractivity contribution in [1.29, 1.82) is 0 Å². The Morgan fingerprint density at radius 3 is 2.63 bits per heavy atom. The molecule has 5 nitrogen and oxygen atoms in total. The first-order valence-electron chi connectivity index (χ1n) is 7.92. The van der Waals surface area contributed by atoms with E-state index in [9.17, 15) is 14.0 Å². The zero-order valence-corrected chi connectivity index (χ0v) is 15.7. The molecule has 0 spiro atoms. The third kappa shape index (κ3) is 4.50. The first-order chi connectivity index (χ1) is 13.0. The van der Waals surface area contributed by atoms with E-state index < -0.39 is 29.4 Å². The Morgan fingerprint density at radius 2 is 1.93 bits per heavy atom. The fraction of sp³-hybridized carbons (Fsp3) is 0.105. The van der Waals surface area contributed by atoms with E-state index in [1.807, 2.05) is 30.3 Å². The molecule has 0 bridgehead atoms. The van der Waals surface area contributed by atoms with Crippen LogP contribution in [0.25, 0.3) is 11.3 Å². The molecule has 1 atom stereocenters. The molecule has 27 heavy (non-hydrogen) atoms. The number of esters is 1. The van der Waals surface area contributed by atoms with Crippen molar-refractivity contribution in [3.8, 4) is 11.3 Å². The van der Waals surface area contributed by atoms with Gasteiger partial charge in [0, 0.05) is 10.9 Å². The highest BCUT2D eigenvalue weighted by molar-refractivity contribution is 7.14. The SMILES string of the molecule is C[C@@H](OC(=O)c1c(F)cccc1Cl)C(=O)Nc1nc(-c2ccccc2)cs1. The monoisotopic (exact) mass is 404 g/mol. The molecular weight excluding hydrogens is 391 g/mol. The van der Waals surface area contributed by atoms with E-state index in [2.05, 4.69) is 10.3 Å². The van der Waals surface area contributed by atoms with Crippen LogP contribution in [0.3, 0.4) is 0 Å². The Hall–Kier alpha value is -2.77. The first-order valence-corrected chi connectivity index (χ1v) is 9.18. The summed E-state index contributed by atoms with van der Waals surface area (Å²) in [5, 5.41) is 4.67. The molecule has 0 unspecified atom stereocenters. The second-order valence-electron chi connectivity index (χ2n) is 5.54. The largest absolute Gasteiger partial charge is 0.449 e. The van der Waals surface area contributed by atoms with E-state index in [-0.39, 0.29) is 5.02 Å². The lowest BCUT2D eigenvalue weighted by Gasteiger charge is -2.13. The van der Waals surface area contributed by atoms with Crippen molar-refractivity contribution in [2.45, 2.75) is 13.0 Å². The Kier molecular flexibility index (Phi) is 5.83. The van der Waals surface area contributed by atoms with E-state index in [1.165, 1.54) is 30.4 Å². The number of rotatable bonds is 5. The van der Waals surface area contributed by atoms with Crippen LogP contribution in [-0.2, 0) is 9.53 Å². The highest BCUT2D eigenvalue weighted by Crippen LogP contribution is 2.25. The normalized spacial score (nSPS) is 11.7. The molecule has 1 amide bonds. The van der Waals surface area contributed by atoms with Crippen LogP contribution >= 0.6 is 22.9 Å². The van der Waals surface area contributed by atoms with Crippen molar-refractivity contribution in [3.05, 3.63) is 70.3 Å². The molecule has 138 valence electrons. The summed E-state index contributed by atoms with van der Waals surface area (Å²) in [6.45, 7) is 1.38.